The van der Waals surface area contributed by atoms with Gasteiger partial charge in [0.1, 0.15) is 0 Å². The SMILES string of the molecule is CCCCCC[C@@H](O)CC=CCCCCCCCC(=O)OCCCOCC. The summed E-state index contributed by atoms with van der Waals surface area (Å²) in [6.07, 6.45) is 18.8. The molecule has 0 aromatic heterocycles. The van der Waals surface area contributed by atoms with Crippen LogP contribution >= 0.6 is 0 Å². The molecular weight excluding hydrogens is 340 g/mol. The lowest BCUT2D eigenvalue weighted by molar-refractivity contribution is -0.144. The van der Waals surface area contributed by atoms with Crippen molar-refractivity contribution >= 4 is 5.97 Å². The highest BCUT2D eigenvalue weighted by atomic mass is 16.5. The fourth-order valence-electron chi connectivity index (χ4n) is 2.92. The van der Waals surface area contributed by atoms with Crippen LogP contribution in [0.2, 0.25) is 0 Å². The van der Waals surface area contributed by atoms with Crippen LogP contribution in [0.1, 0.15) is 104 Å². The number of esters is 1. The van der Waals surface area contributed by atoms with Crippen molar-refractivity contribution in [3.05, 3.63) is 12.2 Å². The van der Waals surface area contributed by atoms with Crippen LogP contribution in [0.15, 0.2) is 12.2 Å². The summed E-state index contributed by atoms with van der Waals surface area (Å²) >= 11 is 0. The largest absolute Gasteiger partial charge is 0.466 e. The number of allylic oxidation sites excluding steroid dienone is 1. The third kappa shape index (κ3) is 21.3. The average Bonchev–Trinajstić information content (AvgIpc) is 2.66. The van der Waals surface area contributed by atoms with Crippen LogP contribution in [0.4, 0.5) is 0 Å². The fourth-order valence-corrected chi connectivity index (χ4v) is 2.92. The fraction of sp³-hybridized carbons (Fsp3) is 0.870. The molecule has 0 aliphatic heterocycles. The van der Waals surface area contributed by atoms with Crippen molar-refractivity contribution in [2.24, 2.45) is 0 Å². The van der Waals surface area contributed by atoms with Crippen LogP contribution < -0.4 is 0 Å². The Morgan fingerprint density at radius 2 is 1.63 bits per heavy atom. The molecule has 0 saturated carbocycles. The first-order valence-corrected chi connectivity index (χ1v) is 11.3. The number of hydrogen-bond donors (Lipinski definition) is 1. The summed E-state index contributed by atoms with van der Waals surface area (Å²) in [6, 6.07) is 0. The summed E-state index contributed by atoms with van der Waals surface area (Å²) < 4.78 is 10.4. The van der Waals surface area contributed by atoms with Gasteiger partial charge < -0.3 is 14.6 Å². The number of hydrogen-bond acceptors (Lipinski definition) is 4. The Labute approximate surface area is 167 Å². The van der Waals surface area contributed by atoms with Crippen LogP contribution in [0.25, 0.3) is 0 Å². The zero-order valence-electron chi connectivity index (χ0n) is 17.9. The Bertz CT molecular complexity index is 341. The number of rotatable bonds is 20. The molecular formula is C23H44O4. The van der Waals surface area contributed by atoms with Crippen molar-refractivity contribution in [1.82, 2.24) is 0 Å². The lowest BCUT2D eigenvalue weighted by Crippen LogP contribution is -2.07. The highest BCUT2D eigenvalue weighted by Gasteiger charge is 2.02. The number of carbonyl (C=O) groups is 1. The Morgan fingerprint density at radius 1 is 0.889 bits per heavy atom. The normalized spacial score (nSPS) is 12.6. The lowest BCUT2D eigenvalue weighted by atomic mass is 10.1. The molecule has 27 heavy (non-hydrogen) atoms. The minimum atomic E-state index is -0.169. The molecule has 0 spiro atoms. The van der Waals surface area contributed by atoms with Gasteiger partial charge in [0.2, 0.25) is 0 Å². The molecule has 4 nitrogen and oxygen atoms in total. The third-order valence-electron chi connectivity index (χ3n) is 4.62. The second-order valence-corrected chi connectivity index (χ2v) is 7.29. The molecule has 0 bridgehead atoms. The Balaban J connectivity index is 3.30. The third-order valence-corrected chi connectivity index (χ3v) is 4.62. The van der Waals surface area contributed by atoms with Gasteiger partial charge in [-0.2, -0.15) is 0 Å². The van der Waals surface area contributed by atoms with Gasteiger partial charge in [-0.25, -0.2) is 0 Å². The van der Waals surface area contributed by atoms with Crippen molar-refractivity contribution in [3.8, 4) is 0 Å². The van der Waals surface area contributed by atoms with Crippen LogP contribution in [-0.2, 0) is 14.3 Å². The lowest BCUT2D eigenvalue weighted by Gasteiger charge is -2.07. The van der Waals surface area contributed by atoms with Gasteiger partial charge in [-0.1, -0.05) is 64.0 Å². The van der Waals surface area contributed by atoms with Gasteiger partial charge in [-0.15, -0.1) is 0 Å². The smallest absolute Gasteiger partial charge is 0.305 e. The number of aliphatic hydroxyl groups is 1. The summed E-state index contributed by atoms with van der Waals surface area (Å²) in [5, 5.41) is 9.89. The molecule has 0 radical (unpaired) electrons. The maximum atomic E-state index is 11.5. The van der Waals surface area contributed by atoms with Gasteiger partial charge in [0.25, 0.3) is 0 Å². The Hall–Kier alpha value is -0.870. The number of ether oxygens (including phenoxy) is 2. The van der Waals surface area contributed by atoms with Gasteiger partial charge >= 0.3 is 5.97 Å². The van der Waals surface area contributed by atoms with Gasteiger partial charge in [-0.3, -0.25) is 4.79 Å². The molecule has 0 fully saturated rings. The average molecular weight is 385 g/mol. The highest BCUT2D eigenvalue weighted by molar-refractivity contribution is 5.69. The van der Waals surface area contributed by atoms with Crippen LogP contribution in [0.3, 0.4) is 0 Å². The monoisotopic (exact) mass is 384 g/mol. The summed E-state index contributed by atoms with van der Waals surface area (Å²) in [6.45, 7) is 6.02. The zero-order chi connectivity index (χ0) is 20.0. The van der Waals surface area contributed by atoms with E-state index in [0.717, 1.165) is 44.9 Å². The Morgan fingerprint density at radius 3 is 2.41 bits per heavy atom. The van der Waals surface area contributed by atoms with E-state index in [-0.39, 0.29) is 12.1 Å². The zero-order valence-corrected chi connectivity index (χ0v) is 17.9. The van der Waals surface area contributed by atoms with E-state index in [2.05, 4.69) is 19.1 Å². The molecule has 0 aliphatic carbocycles. The topological polar surface area (TPSA) is 55.8 Å². The molecule has 0 aromatic carbocycles. The number of aliphatic hydroxyl groups excluding tert-OH is 1. The van der Waals surface area contributed by atoms with E-state index in [1.54, 1.807) is 0 Å². The van der Waals surface area contributed by atoms with Gasteiger partial charge in [0.05, 0.1) is 12.7 Å². The van der Waals surface area contributed by atoms with E-state index < -0.39 is 0 Å². The molecule has 4 heteroatoms. The molecule has 0 rings (SSSR count). The van der Waals surface area contributed by atoms with Crippen molar-refractivity contribution in [3.63, 3.8) is 0 Å². The van der Waals surface area contributed by atoms with Crippen LogP contribution in [0, 0.1) is 0 Å². The predicted molar refractivity (Wildman–Crippen MR) is 113 cm³/mol. The number of carbonyl (C=O) groups excluding carboxylic acids is 1. The van der Waals surface area contributed by atoms with E-state index in [9.17, 15) is 9.90 Å². The summed E-state index contributed by atoms with van der Waals surface area (Å²) in [4.78, 5) is 11.5. The van der Waals surface area contributed by atoms with Crippen LogP contribution in [0.5, 0.6) is 0 Å². The highest BCUT2D eigenvalue weighted by Crippen LogP contribution is 2.10. The summed E-state index contributed by atoms with van der Waals surface area (Å²) in [7, 11) is 0. The first-order chi connectivity index (χ1) is 13.2. The maximum absolute atomic E-state index is 11.5. The summed E-state index contributed by atoms with van der Waals surface area (Å²) in [5.41, 5.74) is 0. The number of unbranched alkanes of at least 4 members (excludes halogenated alkanes) is 8. The molecule has 160 valence electrons. The van der Waals surface area contributed by atoms with Crippen molar-refractivity contribution in [2.75, 3.05) is 19.8 Å². The molecule has 0 amide bonds. The molecule has 0 aromatic rings. The molecule has 1 N–H and O–H groups in total. The molecule has 0 unspecified atom stereocenters. The second kappa shape index (κ2) is 21.4. The maximum Gasteiger partial charge on any atom is 0.305 e. The van der Waals surface area contributed by atoms with Crippen molar-refractivity contribution in [2.45, 2.75) is 110 Å². The van der Waals surface area contributed by atoms with E-state index in [1.807, 2.05) is 6.92 Å². The van der Waals surface area contributed by atoms with E-state index in [4.69, 9.17) is 9.47 Å². The molecule has 1 atom stereocenters. The van der Waals surface area contributed by atoms with Gasteiger partial charge in [0.15, 0.2) is 0 Å². The van der Waals surface area contributed by atoms with Gasteiger partial charge in [0, 0.05) is 26.1 Å². The van der Waals surface area contributed by atoms with E-state index in [0.29, 0.717) is 26.2 Å². The first kappa shape index (κ1) is 26.1. The predicted octanol–water partition coefficient (Wildman–Crippen LogP) is 5.96. The van der Waals surface area contributed by atoms with Gasteiger partial charge in [-0.05, 0) is 39.0 Å². The minimum absolute atomic E-state index is 0.0808. The van der Waals surface area contributed by atoms with Crippen LogP contribution in [-0.4, -0.2) is 37.0 Å². The first-order valence-electron chi connectivity index (χ1n) is 11.3. The minimum Gasteiger partial charge on any atom is -0.466 e. The standard InChI is InChI=1S/C23H44O4/c1-3-5-6-13-17-22(24)18-14-11-9-7-8-10-12-15-19-23(25)27-21-16-20-26-4-2/h11,14,22,24H,3-10,12-13,15-21H2,1-2H3/t22-/m1/s1. The quantitative estimate of drug-likeness (QED) is 0.160. The summed E-state index contributed by atoms with van der Waals surface area (Å²) in [5.74, 6) is -0.0808. The second-order valence-electron chi connectivity index (χ2n) is 7.29. The van der Waals surface area contributed by atoms with Crippen molar-refractivity contribution < 1.29 is 19.4 Å². The molecule has 0 saturated heterocycles. The molecule has 0 heterocycles. The molecule has 0 aliphatic rings. The Kier molecular flexibility index (Phi) is 20.7. The van der Waals surface area contributed by atoms with E-state index >= 15 is 0 Å². The van der Waals surface area contributed by atoms with Crippen molar-refractivity contribution in [1.29, 1.82) is 0 Å². The van der Waals surface area contributed by atoms with E-state index in [1.165, 1.54) is 38.5 Å².